The number of phenols is 1. The predicted molar refractivity (Wildman–Crippen MR) is 84.7 cm³/mol. The highest BCUT2D eigenvalue weighted by atomic mass is 16.5. The van der Waals surface area contributed by atoms with Gasteiger partial charge in [-0.25, -0.2) is 0 Å². The molecule has 1 aliphatic rings. The van der Waals surface area contributed by atoms with Crippen molar-refractivity contribution in [2.45, 2.75) is 19.4 Å². The Bertz CT molecular complexity index is 794. The first kappa shape index (κ1) is 15.9. The molecule has 2 aromatic carbocycles. The molecule has 0 saturated carbocycles. The molecule has 0 fully saturated rings. The number of ketones is 1. The summed E-state index contributed by atoms with van der Waals surface area (Å²) in [7, 11) is 1.47. The smallest absolute Gasteiger partial charge is 0.308 e. The van der Waals surface area contributed by atoms with Crippen molar-refractivity contribution < 1.29 is 28.9 Å². The molecule has 24 heavy (non-hydrogen) atoms. The monoisotopic (exact) mass is 328 g/mol. The number of phenolic OH excluding ortho intramolecular Hbond substituents is 1. The van der Waals surface area contributed by atoms with E-state index in [1.165, 1.54) is 20.1 Å². The SMILES string of the molecule is COc1cc(O)c2c(c1)O[C@H](c1ccc(OC(C)=O)cc1)CC2=O. The number of esters is 1. The molecular weight excluding hydrogens is 312 g/mol. The van der Waals surface area contributed by atoms with Gasteiger partial charge in [0.25, 0.3) is 0 Å². The zero-order valence-corrected chi connectivity index (χ0v) is 13.2. The van der Waals surface area contributed by atoms with E-state index in [1.54, 1.807) is 30.3 Å². The number of carbonyl (C=O) groups is 2. The number of ether oxygens (including phenoxy) is 3. The fourth-order valence-electron chi connectivity index (χ4n) is 2.63. The van der Waals surface area contributed by atoms with E-state index < -0.39 is 12.1 Å². The van der Waals surface area contributed by atoms with Gasteiger partial charge in [0.1, 0.15) is 34.7 Å². The molecule has 1 heterocycles. The Morgan fingerprint density at radius 1 is 1.21 bits per heavy atom. The predicted octanol–water partition coefficient (Wildman–Crippen LogP) is 3.03. The number of aromatic hydroxyl groups is 1. The molecule has 0 amide bonds. The summed E-state index contributed by atoms with van der Waals surface area (Å²) in [5.41, 5.74) is 0.941. The fourth-order valence-corrected chi connectivity index (χ4v) is 2.63. The van der Waals surface area contributed by atoms with Crippen molar-refractivity contribution in [3.05, 3.63) is 47.5 Å². The van der Waals surface area contributed by atoms with E-state index in [4.69, 9.17) is 14.2 Å². The Labute approximate surface area is 138 Å². The molecule has 6 heteroatoms. The van der Waals surface area contributed by atoms with Gasteiger partial charge in [-0.15, -0.1) is 0 Å². The largest absolute Gasteiger partial charge is 0.507 e. The van der Waals surface area contributed by atoms with Gasteiger partial charge in [0.15, 0.2) is 5.78 Å². The van der Waals surface area contributed by atoms with Crippen molar-refractivity contribution in [1.29, 1.82) is 0 Å². The average molecular weight is 328 g/mol. The molecule has 0 radical (unpaired) electrons. The van der Waals surface area contributed by atoms with Crippen LogP contribution < -0.4 is 14.2 Å². The lowest BCUT2D eigenvalue weighted by Crippen LogP contribution is -2.20. The molecule has 0 unspecified atom stereocenters. The molecule has 124 valence electrons. The summed E-state index contributed by atoms with van der Waals surface area (Å²) in [6.45, 7) is 1.33. The third kappa shape index (κ3) is 3.03. The number of rotatable bonds is 3. The quantitative estimate of drug-likeness (QED) is 0.689. The molecule has 0 spiro atoms. The maximum Gasteiger partial charge on any atom is 0.308 e. The first-order chi connectivity index (χ1) is 11.5. The number of Topliss-reactive ketones (excluding diaryl/α,β-unsaturated/α-hetero) is 1. The van der Waals surface area contributed by atoms with E-state index in [0.717, 1.165) is 5.56 Å². The zero-order chi connectivity index (χ0) is 17.3. The van der Waals surface area contributed by atoms with Gasteiger partial charge in [0.2, 0.25) is 0 Å². The first-order valence-electron chi connectivity index (χ1n) is 7.37. The van der Waals surface area contributed by atoms with Gasteiger partial charge in [0, 0.05) is 19.1 Å². The van der Waals surface area contributed by atoms with E-state index in [-0.39, 0.29) is 29.3 Å². The van der Waals surface area contributed by atoms with E-state index in [1.807, 2.05) is 0 Å². The second kappa shape index (κ2) is 6.23. The summed E-state index contributed by atoms with van der Waals surface area (Å²) in [6, 6.07) is 9.72. The number of benzene rings is 2. The Balaban J connectivity index is 1.88. The highest BCUT2D eigenvalue weighted by molar-refractivity contribution is 6.02. The van der Waals surface area contributed by atoms with Crippen LogP contribution in [0.5, 0.6) is 23.0 Å². The van der Waals surface area contributed by atoms with Crippen LogP contribution in [0.25, 0.3) is 0 Å². The Morgan fingerprint density at radius 3 is 2.54 bits per heavy atom. The lowest BCUT2D eigenvalue weighted by Gasteiger charge is -2.26. The summed E-state index contributed by atoms with van der Waals surface area (Å²) in [4.78, 5) is 23.3. The van der Waals surface area contributed by atoms with Crippen LogP contribution in [0, 0.1) is 0 Å². The molecule has 1 N–H and O–H groups in total. The summed E-state index contributed by atoms with van der Waals surface area (Å²) >= 11 is 0. The molecule has 0 bridgehead atoms. The van der Waals surface area contributed by atoms with Crippen molar-refractivity contribution in [3.63, 3.8) is 0 Å². The number of fused-ring (bicyclic) bond motifs is 1. The Kier molecular flexibility index (Phi) is 4.12. The minimum Gasteiger partial charge on any atom is -0.507 e. The van der Waals surface area contributed by atoms with E-state index in [2.05, 4.69) is 0 Å². The minimum atomic E-state index is -0.483. The van der Waals surface area contributed by atoms with Gasteiger partial charge >= 0.3 is 5.97 Å². The molecule has 1 aliphatic heterocycles. The van der Waals surface area contributed by atoms with Crippen molar-refractivity contribution in [2.24, 2.45) is 0 Å². The third-order valence-corrected chi connectivity index (χ3v) is 3.72. The van der Waals surface area contributed by atoms with E-state index in [0.29, 0.717) is 11.5 Å². The number of hydrogen-bond acceptors (Lipinski definition) is 6. The van der Waals surface area contributed by atoms with Crippen molar-refractivity contribution in [1.82, 2.24) is 0 Å². The highest BCUT2D eigenvalue weighted by Crippen LogP contribution is 2.41. The molecule has 3 rings (SSSR count). The second-order valence-electron chi connectivity index (χ2n) is 5.42. The van der Waals surface area contributed by atoms with Crippen molar-refractivity contribution >= 4 is 11.8 Å². The van der Waals surface area contributed by atoms with Gasteiger partial charge in [0.05, 0.1) is 13.5 Å². The van der Waals surface area contributed by atoms with Crippen LogP contribution in [0.2, 0.25) is 0 Å². The normalized spacial score (nSPS) is 16.1. The summed E-state index contributed by atoms with van der Waals surface area (Å²) in [5, 5.41) is 9.99. The van der Waals surface area contributed by atoms with Crippen LogP contribution in [0.1, 0.15) is 35.4 Å². The van der Waals surface area contributed by atoms with Crippen LogP contribution in [-0.2, 0) is 4.79 Å². The van der Waals surface area contributed by atoms with Crippen molar-refractivity contribution in [2.75, 3.05) is 7.11 Å². The maximum atomic E-state index is 12.4. The standard InChI is InChI=1S/C18H16O6/c1-10(19)23-12-5-3-11(4-6-12)16-9-15(21)18-14(20)7-13(22-2)8-17(18)24-16/h3-8,16,20H,9H2,1-2H3/t16-/m0/s1. The minimum absolute atomic E-state index is 0.111. The van der Waals surface area contributed by atoms with Gasteiger partial charge in [-0.3, -0.25) is 9.59 Å². The molecule has 6 nitrogen and oxygen atoms in total. The molecule has 2 aromatic rings. The van der Waals surface area contributed by atoms with E-state index >= 15 is 0 Å². The van der Waals surface area contributed by atoms with Crippen LogP contribution in [-0.4, -0.2) is 24.0 Å². The lowest BCUT2D eigenvalue weighted by atomic mass is 9.95. The molecule has 0 saturated heterocycles. The summed E-state index contributed by atoms with van der Waals surface area (Å²) in [5.74, 6) is 0.363. The Morgan fingerprint density at radius 2 is 1.92 bits per heavy atom. The molecule has 0 aromatic heterocycles. The highest BCUT2D eigenvalue weighted by Gasteiger charge is 2.30. The lowest BCUT2D eigenvalue weighted by molar-refractivity contribution is -0.131. The summed E-state index contributed by atoms with van der Waals surface area (Å²) in [6.07, 6.45) is -0.373. The molecular formula is C18H16O6. The first-order valence-corrected chi connectivity index (χ1v) is 7.37. The molecule has 0 aliphatic carbocycles. The summed E-state index contributed by atoms with van der Waals surface area (Å²) < 4.78 is 15.9. The van der Waals surface area contributed by atoms with Crippen LogP contribution >= 0.6 is 0 Å². The topological polar surface area (TPSA) is 82.1 Å². The maximum absolute atomic E-state index is 12.4. The van der Waals surface area contributed by atoms with Gasteiger partial charge < -0.3 is 19.3 Å². The molecule has 1 atom stereocenters. The number of carbonyl (C=O) groups excluding carboxylic acids is 2. The van der Waals surface area contributed by atoms with Crippen LogP contribution in [0.4, 0.5) is 0 Å². The number of hydrogen-bond donors (Lipinski definition) is 1. The third-order valence-electron chi connectivity index (χ3n) is 3.72. The van der Waals surface area contributed by atoms with Crippen LogP contribution in [0.15, 0.2) is 36.4 Å². The van der Waals surface area contributed by atoms with Gasteiger partial charge in [-0.2, -0.15) is 0 Å². The Hall–Kier alpha value is -3.02. The average Bonchev–Trinajstić information content (AvgIpc) is 2.54. The fraction of sp³-hybridized carbons (Fsp3) is 0.222. The number of methoxy groups -OCH3 is 1. The zero-order valence-electron chi connectivity index (χ0n) is 13.2. The van der Waals surface area contributed by atoms with Gasteiger partial charge in [-0.05, 0) is 17.7 Å². The van der Waals surface area contributed by atoms with E-state index in [9.17, 15) is 14.7 Å². The second-order valence-corrected chi connectivity index (χ2v) is 5.42. The van der Waals surface area contributed by atoms with Crippen molar-refractivity contribution in [3.8, 4) is 23.0 Å². The van der Waals surface area contributed by atoms with Gasteiger partial charge in [-0.1, -0.05) is 12.1 Å². The van der Waals surface area contributed by atoms with Crippen LogP contribution in [0.3, 0.4) is 0 Å².